The molecule has 4 aromatic rings. The zero-order valence-corrected chi connectivity index (χ0v) is 33.5. The normalized spacial score (nSPS) is 22.9. The van der Waals surface area contributed by atoms with Gasteiger partial charge in [0.15, 0.2) is 35.6 Å². The number of carbonyl (C=O) groups is 2. The zero-order valence-electron chi connectivity index (χ0n) is 33.5. The van der Waals surface area contributed by atoms with E-state index < -0.39 is 10.8 Å². The van der Waals surface area contributed by atoms with E-state index in [4.69, 9.17) is 9.47 Å². The minimum Gasteiger partial charge on any atom is -0.507 e. The molecule has 0 radical (unpaired) electrons. The zero-order chi connectivity index (χ0) is 40.0. The summed E-state index contributed by atoms with van der Waals surface area (Å²) in [6.45, 7) is 12.2. The van der Waals surface area contributed by atoms with E-state index in [9.17, 15) is 30.0 Å². The second-order valence-corrected chi connectivity index (χ2v) is 16.9. The van der Waals surface area contributed by atoms with Crippen molar-refractivity contribution in [2.75, 3.05) is 14.2 Å². The Morgan fingerprint density at radius 1 is 0.527 bits per heavy atom. The molecule has 0 bridgehead atoms. The lowest BCUT2D eigenvalue weighted by molar-refractivity contribution is 0.0364. The highest BCUT2D eigenvalue weighted by molar-refractivity contribution is 5.81. The molecule has 0 saturated heterocycles. The first-order valence-electron chi connectivity index (χ1n) is 19.4. The summed E-state index contributed by atoms with van der Waals surface area (Å²) in [5.41, 5.74) is 6.38. The highest BCUT2D eigenvalue weighted by Gasteiger charge is 2.49. The highest BCUT2D eigenvalue weighted by atomic mass is 16.5. The van der Waals surface area contributed by atoms with Crippen LogP contribution in [0.5, 0.6) is 34.5 Å². The largest absolute Gasteiger partial charge is 0.507 e. The Hall–Kier alpha value is -4.98. The van der Waals surface area contributed by atoms with Gasteiger partial charge in [-0.15, -0.1) is 0 Å². The first-order valence-corrected chi connectivity index (χ1v) is 19.4. The average molecular weight is 749 g/mol. The van der Waals surface area contributed by atoms with Crippen LogP contribution in [0.25, 0.3) is 0 Å². The van der Waals surface area contributed by atoms with E-state index >= 15 is 0 Å². The fourth-order valence-electron chi connectivity index (χ4n) is 10.2. The number of rotatable bonds is 10. The molecule has 0 aromatic heterocycles. The van der Waals surface area contributed by atoms with Crippen LogP contribution in [0.4, 0.5) is 0 Å². The predicted molar refractivity (Wildman–Crippen MR) is 215 cm³/mol. The summed E-state index contributed by atoms with van der Waals surface area (Å²) in [5, 5.41) is 42.9. The lowest BCUT2D eigenvalue weighted by Crippen LogP contribution is -2.43. The molecule has 0 spiro atoms. The number of benzene rings is 4. The van der Waals surface area contributed by atoms with Gasteiger partial charge in [0.05, 0.1) is 25.3 Å². The maximum atomic E-state index is 12.1. The molecule has 6 rings (SSSR count). The molecule has 4 aromatic carbocycles. The molecule has 0 heterocycles. The second kappa shape index (κ2) is 14.9. The number of phenols is 4. The summed E-state index contributed by atoms with van der Waals surface area (Å²) in [5.74, 6) is 1.89. The van der Waals surface area contributed by atoms with Crippen molar-refractivity contribution in [2.45, 2.75) is 104 Å². The molecule has 4 N–H and O–H groups in total. The van der Waals surface area contributed by atoms with Crippen LogP contribution in [0.3, 0.4) is 0 Å². The SMILES string of the molecule is COc1cc(C2(c3cc(C)c(O)c(C=O)c3)CCC(C(C)(C)C3CCC(c4cc(C)c(O)c(C=O)c4)(c4cc(C)c(O)c(OC)c4)CC3)CC2)cc(C)c1O. The van der Waals surface area contributed by atoms with E-state index in [1.807, 2.05) is 76.2 Å². The van der Waals surface area contributed by atoms with Crippen molar-refractivity contribution >= 4 is 12.6 Å². The molecule has 8 heteroatoms. The topological polar surface area (TPSA) is 134 Å². The minimum absolute atomic E-state index is 0.00215. The molecule has 55 heavy (non-hydrogen) atoms. The van der Waals surface area contributed by atoms with Crippen LogP contribution in [-0.2, 0) is 10.8 Å². The fourth-order valence-corrected chi connectivity index (χ4v) is 10.2. The van der Waals surface area contributed by atoms with Gasteiger partial charge in [0, 0.05) is 10.8 Å². The van der Waals surface area contributed by atoms with Crippen LogP contribution < -0.4 is 9.47 Å². The Bertz CT molecular complexity index is 1960. The van der Waals surface area contributed by atoms with Gasteiger partial charge in [-0.05, 0) is 165 Å². The van der Waals surface area contributed by atoms with E-state index in [0.29, 0.717) is 34.5 Å². The van der Waals surface area contributed by atoms with Crippen LogP contribution in [-0.4, -0.2) is 47.2 Å². The molecule has 2 aliphatic rings. The van der Waals surface area contributed by atoms with Crippen LogP contribution in [0, 0.1) is 44.9 Å². The van der Waals surface area contributed by atoms with Crippen molar-refractivity contribution in [3.05, 3.63) is 104 Å². The molecule has 2 saturated carbocycles. The van der Waals surface area contributed by atoms with Crippen molar-refractivity contribution in [3.8, 4) is 34.5 Å². The molecule has 0 unspecified atom stereocenters. The number of ether oxygens (including phenoxy) is 2. The maximum absolute atomic E-state index is 12.1. The molecule has 8 nitrogen and oxygen atoms in total. The third-order valence-corrected chi connectivity index (χ3v) is 13.9. The summed E-state index contributed by atoms with van der Waals surface area (Å²) in [6.07, 6.45) is 8.50. The second-order valence-electron chi connectivity index (χ2n) is 16.9. The number of carbonyl (C=O) groups excluding carboxylic acids is 2. The van der Waals surface area contributed by atoms with Crippen molar-refractivity contribution in [1.82, 2.24) is 0 Å². The number of phenolic OH excluding ortho intramolecular Hbond substituents is 4. The van der Waals surface area contributed by atoms with Crippen LogP contribution in [0.15, 0.2) is 48.5 Å². The Morgan fingerprint density at radius 2 is 0.818 bits per heavy atom. The van der Waals surface area contributed by atoms with Gasteiger partial charge in [0.2, 0.25) is 0 Å². The lowest BCUT2D eigenvalue weighted by atomic mass is 9.53. The van der Waals surface area contributed by atoms with Gasteiger partial charge in [-0.25, -0.2) is 0 Å². The first-order chi connectivity index (χ1) is 26.1. The highest BCUT2D eigenvalue weighted by Crippen LogP contribution is 2.58. The molecule has 0 aliphatic heterocycles. The van der Waals surface area contributed by atoms with Crippen molar-refractivity contribution < 1.29 is 39.5 Å². The standard InChI is InChI=1S/C47H56O8/c1-27-17-35(21-31(25-48)41(27)50)46(37-19-29(3)43(52)39(23-37)54-7)13-9-33(10-14-46)45(5,6)34-11-15-47(16-12-34,36-18-28(2)42(51)32(22-36)26-49)38-20-30(4)44(53)40(24-38)55-8/h17-26,33-34,50-53H,9-16H2,1-8H3. The van der Waals surface area contributed by atoms with E-state index in [1.165, 1.54) is 0 Å². The van der Waals surface area contributed by atoms with E-state index in [0.717, 1.165) is 97.3 Å². The van der Waals surface area contributed by atoms with Gasteiger partial charge in [-0.3, -0.25) is 9.59 Å². The quantitative estimate of drug-likeness (QED) is 0.118. The van der Waals surface area contributed by atoms with E-state index in [2.05, 4.69) is 13.8 Å². The molecule has 292 valence electrons. The fraction of sp³-hybridized carbons (Fsp3) is 0.447. The Labute approximate surface area is 325 Å². The van der Waals surface area contributed by atoms with Gasteiger partial charge in [0.1, 0.15) is 11.5 Å². The molecular formula is C47H56O8. The van der Waals surface area contributed by atoms with Crippen molar-refractivity contribution in [3.63, 3.8) is 0 Å². The molecular weight excluding hydrogens is 693 g/mol. The summed E-state index contributed by atoms with van der Waals surface area (Å²) < 4.78 is 11.2. The molecule has 2 fully saturated rings. The average Bonchev–Trinajstić information content (AvgIpc) is 3.18. The number of hydrogen-bond donors (Lipinski definition) is 4. The number of aryl methyl sites for hydroxylation is 4. The molecule has 0 amide bonds. The first kappa shape index (κ1) is 39.7. The van der Waals surface area contributed by atoms with Crippen LogP contribution in [0.2, 0.25) is 0 Å². The Morgan fingerprint density at radius 3 is 1.11 bits per heavy atom. The van der Waals surface area contributed by atoms with Gasteiger partial charge in [-0.1, -0.05) is 38.1 Å². The summed E-state index contributed by atoms with van der Waals surface area (Å²) >= 11 is 0. The smallest absolute Gasteiger partial charge is 0.161 e. The van der Waals surface area contributed by atoms with E-state index in [-0.39, 0.29) is 39.5 Å². The summed E-state index contributed by atoms with van der Waals surface area (Å²) in [7, 11) is 3.11. The maximum Gasteiger partial charge on any atom is 0.161 e. The van der Waals surface area contributed by atoms with Crippen LogP contribution >= 0.6 is 0 Å². The number of aromatic hydroxyl groups is 4. The molecule has 2 aliphatic carbocycles. The Balaban J connectivity index is 1.34. The minimum atomic E-state index is -0.459. The number of aldehydes is 2. The van der Waals surface area contributed by atoms with Gasteiger partial charge < -0.3 is 29.9 Å². The van der Waals surface area contributed by atoms with E-state index in [1.54, 1.807) is 14.2 Å². The number of methoxy groups -OCH3 is 2. The third-order valence-electron chi connectivity index (χ3n) is 13.9. The Kier molecular flexibility index (Phi) is 10.8. The summed E-state index contributed by atoms with van der Waals surface area (Å²) in [4.78, 5) is 24.2. The predicted octanol–water partition coefficient (Wildman–Crippen LogP) is 10.1. The van der Waals surface area contributed by atoms with Gasteiger partial charge in [-0.2, -0.15) is 0 Å². The van der Waals surface area contributed by atoms with Crippen LogP contribution in [0.1, 0.15) is 130 Å². The van der Waals surface area contributed by atoms with Crippen molar-refractivity contribution in [1.29, 1.82) is 0 Å². The van der Waals surface area contributed by atoms with Crippen molar-refractivity contribution in [2.24, 2.45) is 17.3 Å². The molecule has 0 atom stereocenters. The van der Waals surface area contributed by atoms with Gasteiger partial charge in [0.25, 0.3) is 0 Å². The monoisotopic (exact) mass is 748 g/mol. The number of hydrogen-bond acceptors (Lipinski definition) is 8. The summed E-state index contributed by atoms with van der Waals surface area (Å²) in [6, 6.07) is 15.6. The lowest BCUT2D eigenvalue weighted by Gasteiger charge is -2.52. The third kappa shape index (κ3) is 6.72. The van der Waals surface area contributed by atoms with Gasteiger partial charge >= 0.3 is 0 Å².